The summed E-state index contributed by atoms with van der Waals surface area (Å²) in [7, 11) is 0. The van der Waals surface area contributed by atoms with Crippen LogP contribution in [0.1, 0.15) is 32.6 Å². The normalized spacial score (nSPS) is 14.3. The number of nitrogens with one attached hydrogen (secondary N) is 4. The maximum atomic E-state index is 12.5. The molecule has 16 N–H and O–H groups in total. The Kier molecular flexibility index (Phi) is 17.4. The number of hydrogen-bond donors (Lipinski definition) is 12. The average Bonchev–Trinajstić information content (AvgIpc) is 2.87. The first-order valence-corrected chi connectivity index (χ1v) is 12.9. The van der Waals surface area contributed by atoms with Crippen molar-refractivity contribution in [3.63, 3.8) is 0 Å². The number of carbonyl (C=O) groups is 5. The minimum Gasteiger partial charge on any atom is -0.480 e. The number of amides is 4. The Morgan fingerprint density at radius 3 is 1.85 bits per heavy atom. The quantitative estimate of drug-likeness (QED) is 0.0289. The summed E-state index contributed by atoms with van der Waals surface area (Å²) in [5.74, 6) is -4.95. The van der Waals surface area contributed by atoms with Crippen molar-refractivity contribution in [1.82, 2.24) is 21.3 Å². The van der Waals surface area contributed by atoms with Gasteiger partial charge in [-0.25, -0.2) is 4.79 Å². The van der Waals surface area contributed by atoms with Crippen molar-refractivity contribution >= 4 is 54.1 Å². The highest BCUT2D eigenvalue weighted by Crippen LogP contribution is 2.01. The lowest BCUT2D eigenvalue weighted by Gasteiger charge is -2.23. The van der Waals surface area contributed by atoms with E-state index in [0.717, 1.165) is 0 Å². The molecule has 0 aliphatic rings. The summed E-state index contributed by atoms with van der Waals surface area (Å²) in [5, 5.41) is 28.5. The van der Waals surface area contributed by atoms with Gasteiger partial charge in [0.05, 0.1) is 18.7 Å². The SMILES string of the molecule is C[C@@H](O)[C@H](NC(=O)[C@@H](N)CCCN=C(N)N)C(=O)NCC(=O)N[C@H](CS)C(=O)N[C@@H](CCCN=C(N)N)C(=O)O. The van der Waals surface area contributed by atoms with Crippen LogP contribution < -0.4 is 49.9 Å². The number of aliphatic hydroxyl groups excluding tert-OH is 1. The molecule has 0 rings (SSSR count). The lowest BCUT2D eigenvalue weighted by Crippen LogP contribution is -2.57. The van der Waals surface area contributed by atoms with E-state index in [9.17, 15) is 34.2 Å². The van der Waals surface area contributed by atoms with E-state index < -0.39 is 66.4 Å². The molecule has 0 unspecified atom stereocenters. The predicted molar refractivity (Wildman–Crippen MR) is 150 cm³/mol. The maximum absolute atomic E-state index is 12.5. The number of carboxylic acids is 1. The van der Waals surface area contributed by atoms with E-state index in [-0.39, 0.29) is 50.0 Å². The van der Waals surface area contributed by atoms with Gasteiger partial charge in [0.2, 0.25) is 23.6 Å². The number of thiol groups is 1. The van der Waals surface area contributed by atoms with Crippen LogP contribution in [0.4, 0.5) is 0 Å². The molecule has 0 spiro atoms. The van der Waals surface area contributed by atoms with Gasteiger partial charge in [0.15, 0.2) is 11.9 Å². The second-order valence-electron chi connectivity index (χ2n) is 8.65. The van der Waals surface area contributed by atoms with Gasteiger partial charge in [-0.1, -0.05) is 0 Å². The lowest BCUT2D eigenvalue weighted by molar-refractivity contribution is -0.142. The highest BCUT2D eigenvalue weighted by atomic mass is 32.1. The number of carbonyl (C=O) groups excluding carboxylic acids is 4. The van der Waals surface area contributed by atoms with Crippen LogP contribution in [-0.2, 0) is 24.0 Å². The van der Waals surface area contributed by atoms with Crippen molar-refractivity contribution in [3.8, 4) is 0 Å². The Labute approximate surface area is 236 Å². The third-order valence-electron chi connectivity index (χ3n) is 5.18. The second-order valence-corrected chi connectivity index (χ2v) is 9.02. The standard InChI is InChI=1S/C21H41N11O7S/c1-10(33)15(32-16(35)11(22)4-2-6-27-20(23)24)18(37)29-8-14(34)30-13(9-40)17(36)31-12(19(38)39)5-3-7-28-21(25)26/h10-13,15,33,40H,2-9,22H2,1H3,(H,29,37)(H,30,34)(H,31,36)(H,32,35)(H,38,39)(H4,23,24,27)(H4,25,26,28)/t10-,11+,12+,13-,15+/m1/s1. The van der Waals surface area contributed by atoms with E-state index in [2.05, 4.69) is 43.9 Å². The van der Waals surface area contributed by atoms with E-state index >= 15 is 0 Å². The minimum absolute atomic E-state index is 0.0214. The molecule has 0 aliphatic carbocycles. The predicted octanol–water partition coefficient (Wildman–Crippen LogP) is -5.61. The smallest absolute Gasteiger partial charge is 0.326 e. The van der Waals surface area contributed by atoms with E-state index in [4.69, 9.17) is 28.7 Å². The van der Waals surface area contributed by atoms with Crippen molar-refractivity contribution in [3.05, 3.63) is 0 Å². The summed E-state index contributed by atoms with van der Waals surface area (Å²) in [6.45, 7) is 1.04. The van der Waals surface area contributed by atoms with Crippen LogP contribution >= 0.6 is 12.6 Å². The first kappa shape index (κ1) is 36.2. The number of aliphatic carboxylic acids is 1. The second kappa shape index (κ2) is 19.3. The molecule has 0 aromatic rings. The van der Waals surface area contributed by atoms with Crippen LogP contribution in [0.25, 0.3) is 0 Å². The molecule has 0 saturated heterocycles. The maximum Gasteiger partial charge on any atom is 0.326 e. The summed E-state index contributed by atoms with van der Waals surface area (Å²) in [6.07, 6.45) is -0.456. The molecule has 0 radical (unpaired) electrons. The summed E-state index contributed by atoms with van der Waals surface area (Å²) in [6, 6.07) is -4.93. The van der Waals surface area contributed by atoms with Crippen LogP contribution in [0.15, 0.2) is 9.98 Å². The first-order valence-electron chi connectivity index (χ1n) is 12.2. The summed E-state index contributed by atoms with van der Waals surface area (Å²) >= 11 is 4.01. The fourth-order valence-corrected chi connectivity index (χ4v) is 3.32. The van der Waals surface area contributed by atoms with Gasteiger partial charge in [-0.2, -0.15) is 12.6 Å². The number of guanidine groups is 2. The van der Waals surface area contributed by atoms with Crippen molar-refractivity contribution in [2.75, 3.05) is 25.4 Å². The van der Waals surface area contributed by atoms with Gasteiger partial charge in [0.25, 0.3) is 0 Å². The zero-order valence-electron chi connectivity index (χ0n) is 22.2. The van der Waals surface area contributed by atoms with E-state index in [0.29, 0.717) is 6.42 Å². The first-order chi connectivity index (χ1) is 18.7. The van der Waals surface area contributed by atoms with E-state index in [1.165, 1.54) is 6.92 Å². The van der Waals surface area contributed by atoms with E-state index in [1.807, 2.05) is 0 Å². The van der Waals surface area contributed by atoms with Gasteiger partial charge in [-0.15, -0.1) is 0 Å². The van der Waals surface area contributed by atoms with Crippen LogP contribution in [-0.4, -0.2) is 107 Å². The van der Waals surface area contributed by atoms with Crippen LogP contribution in [0, 0.1) is 0 Å². The molecule has 0 heterocycles. The van der Waals surface area contributed by atoms with Crippen LogP contribution in [0.2, 0.25) is 0 Å². The summed E-state index contributed by atoms with van der Waals surface area (Å²) < 4.78 is 0. The van der Waals surface area contributed by atoms with Gasteiger partial charge in [-0.05, 0) is 32.6 Å². The Balaban J connectivity index is 4.89. The largest absolute Gasteiger partial charge is 0.480 e. The molecule has 0 saturated carbocycles. The highest BCUT2D eigenvalue weighted by Gasteiger charge is 2.29. The average molecular weight is 592 g/mol. The molecule has 0 aromatic carbocycles. The Morgan fingerprint density at radius 2 is 1.38 bits per heavy atom. The number of nitrogens with two attached hydrogens (primary N) is 5. The zero-order valence-corrected chi connectivity index (χ0v) is 23.1. The summed E-state index contributed by atoms with van der Waals surface area (Å²) in [5.41, 5.74) is 26.7. The van der Waals surface area contributed by atoms with Gasteiger partial charge in [-0.3, -0.25) is 29.2 Å². The number of hydrogen-bond acceptors (Lipinski definition) is 10. The molecule has 5 atom stereocenters. The van der Waals surface area contributed by atoms with Crippen LogP contribution in [0.3, 0.4) is 0 Å². The number of aliphatic imine (C=N–C) groups is 2. The van der Waals surface area contributed by atoms with Crippen molar-refractivity contribution in [2.24, 2.45) is 38.7 Å². The van der Waals surface area contributed by atoms with Gasteiger partial charge in [0.1, 0.15) is 18.1 Å². The van der Waals surface area contributed by atoms with E-state index in [1.54, 1.807) is 0 Å². The van der Waals surface area contributed by atoms with Crippen molar-refractivity contribution in [2.45, 2.75) is 62.9 Å². The van der Waals surface area contributed by atoms with Gasteiger partial charge in [0, 0.05) is 18.8 Å². The van der Waals surface area contributed by atoms with Gasteiger partial charge < -0.3 is 60.1 Å². The molecule has 0 fully saturated rings. The molecule has 228 valence electrons. The number of carboxylic acid groups (broad SMARTS) is 1. The Bertz CT molecular complexity index is 925. The molecule has 18 nitrogen and oxygen atoms in total. The molecule has 19 heteroatoms. The number of aliphatic hydroxyl groups is 1. The number of nitrogens with zero attached hydrogens (tertiary/aromatic N) is 2. The zero-order chi connectivity index (χ0) is 30.8. The highest BCUT2D eigenvalue weighted by molar-refractivity contribution is 7.80. The number of rotatable bonds is 19. The molecule has 40 heavy (non-hydrogen) atoms. The molecular formula is C21H41N11O7S. The fraction of sp³-hybridized carbons (Fsp3) is 0.667. The third-order valence-corrected chi connectivity index (χ3v) is 5.55. The lowest BCUT2D eigenvalue weighted by atomic mass is 10.1. The summed E-state index contributed by atoms with van der Waals surface area (Å²) in [4.78, 5) is 68.7. The topological polar surface area (TPSA) is 329 Å². The molecule has 0 aliphatic heterocycles. The third kappa shape index (κ3) is 15.5. The minimum atomic E-state index is -1.43. The van der Waals surface area contributed by atoms with Crippen molar-refractivity contribution < 1.29 is 34.2 Å². The molecular weight excluding hydrogens is 550 g/mol. The monoisotopic (exact) mass is 591 g/mol. The van der Waals surface area contributed by atoms with Crippen molar-refractivity contribution in [1.29, 1.82) is 0 Å². The Hall–Kier alpha value is -3.84. The Morgan fingerprint density at radius 1 is 0.825 bits per heavy atom. The fourth-order valence-electron chi connectivity index (χ4n) is 3.07. The molecule has 0 aromatic heterocycles. The molecule has 4 amide bonds. The van der Waals surface area contributed by atoms with Crippen LogP contribution in [0.5, 0.6) is 0 Å². The molecule has 0 bridgehead atoms. The van der Waals surface area contributed by atoms with Gasteiger partial charge >= 0.3 is 5.97 Å².